The van der Waals surface area contributed by atoms with E-state index in [9.17, 15) is 4.79 Å². The van der Waals surface area contributed by atoms with Crippen molar-refractivity contribution in [2.45, 2.75) is 26.2 Å². The molecule has 0 aromatic carbocycles. The number of carboxylic acids is 1. The topological polar surface area (TPSA) is 80.9 Å². The van der Waals surface area contributed by atoms with Crippen molar-refractivity contribution < 1.29 is 9.90 Å². The Morgan fingerprint density at radius 1 is 1.64 bits per heavy atom. The van der Waals surface area contributed by atoms with E-state index in [0.29, 0.717) is 18.7 Å². The second-order valence-electron chi connectivity index (χ2n) is 3.22. The number of aliphatic carboxylic acids is 1. The van der Waals surface area contributed by atoms with Crippen molar-refractivity contribution in [3.63, 3.8) is 0 Å². The summed E-state index contributed by atoms with van der Waals surface area (Å²) in [6.07, 6.45) is 1.85. The van der Waals surface area contributed by atoms with Crippen LogP contribution in [-0.4, -0.2) is 31.3 Å². The zero-order chi connectivity index (χ0) is 10.6. The lowest BCUT2D eigenvalue weighted by molar-refractivity contribution is -0.142. The summed E-state index contributed by atoms with van der Waals surface area (Å²) in [5.74, 6) is -0.697. The maximum Gasteiger partial charge on any atom is 0.306 e. The zero-order valence-electron chi connectivity index (χ0n) is 8.34. The minimum Gasteiger partial charge on any atom is -0.481 e. The van der Waals surface area contributed by atoms with E-state index in [1.54, 1.807) is 7.05 Å². The van der Waals surface area contributed by atoms with Crippen molar-refractivity contribution in [2.75, 3.05) is 0 Å². The van der Waals surface area contributed by atoms with E-state index in [0.717, 1.165) is 6.42 Å². The second-order valence-corrected chi connectivity index (χ2v) is 3.22. The Morgan fingerprint density at radius 3 is 2.79 bits per heavy atom. The van der Waals surface area contributed by atoms with Crippen molar-refractivity contribution in [1.82, 2.24) is 20.2 Å². The molecule has 0 aliphatic heterocycles. The monoisotopic (exact) mass is 198 g/mol. The van der Waals surface area contributed by atoms with Gasteiger partial charge in [-0.1, -0.05) is 13.3 Å². The van der Waals surface area contributed by atoms with Gasteiger partial charge in [-0.25, -0.2) is 0 Å². The molecule has 1 heterocycles. The average Bonchev–Trinajstić information content (AvgIpc) is 2.50. The van der Waals surface area contributed by atoms with Crippen LogP contribution in [0.3, 0.4) is 0 Å². The van der Waals surface area contributed by atoms with Crippen LogP contribution in [0.2, 0.25) is 0 Å². The molecular formula is C8H14N4O2. The molecule has 0 bridgehead atoms. The Morgan fingerprint density at radius 2 is 2.36 bits per heavy atom. The van der Waals surface area contributed by atoms with Crippen molar-refractivity contribution in [3.8, 4) is 0 Å². The summed E-state index contributed by atoms with van der Waals surface area (Å²) in [7, 11) is 1.66. The third-order valence-electron chi connectivity index (χ3n) is 1.97. The molecule has 0 radical (unpaired) electrons. The highest BCUT2D eigenvalue weighted by Gasteiger charge is 2.19. The van der Waals surface area contributed by atoms with E-state index in [1.165, 1.54) is 4.80 Å². The van der Waals surface area contributed by atoms with Gasteiger partial charge in [0.15, 0.2) is 5.82 Å². The molecule has 78 valence electrons. The number of tetrazole rings is 1. The standard InChI is InChI=1S/C8H14N4O2/c1-3-4-6(8(13)14)5-7-9-11-12(2)10-7/h6H,3-5H2,1-2H3,(H,13,14). The molecule has 1 rings (SSSR count). The van der Waals surface area contributed by atoms with Crippen LogP contribution >= 0.6 is 0 Å². The highest BCUT2D eigenvalue weighted by molar-refractivity contribution is 5.70. The first-order chi connectivity index (χ1) is 6.63. The first-order valence-corrected chi connectivity index (χ1v) is 4.59. The first-order valence-electron chi connectivity index (χ1n) is 4.59. The zero-order valence-corrected chi connectivity index (χ0v) is 8.34. The Labute approximate surface area is 81.9 Å². The van der Waals surface area contributed by atoms with Crippen molar-refractivity contribution in [2.24, 2.45) is 13.0 Å². The number of hydrogen-bond acceptors (Lipinski definition) is 4. The van der Waals surface area contributed by atoms with Crippen molar-refractivity contribution in [3.05, 3.63) is 5.82 Å². The van der Waals surface area contributed by atoms with E-state index in [4.69, 9.17) is 5.11 Å². The molecule has 1 unspecified atom stereocenters. The highest BCUT2D eigenvalue weighted by atomic mass is 16.4. The molecule has 0 saturated heterocycles. The summed E-state index contributed by atoms with van der Waals surface area (Å²) in [6, 6.07) is 0. The van der Waals surface area contributed by atoms with Crippen molar-refractivity contribution in [1.29, 1.82) is 0 Å². The van der Waals surface area contributed by atoms with E-state index in [-0.39, 0.29) is 0 Å². The average molecular weight is 198 g/mol. The Bertz CT molecular complexity index is 310. The van der Waals surface area contributed by atoms with Crippen LogP contribution in [-0.2, 0) is 18.3 Å². The van der Waals surface area contributed by atoms with Gasteiger partial charge in [0.05, 0.1) is 13.0 Å². The third kappa shape index (κ3) is 2.79. The molecule has 0 amide bonds. The molecule has 0 aliphatic carbocycles. The Kier molecular flexibility index (Phi) is 3.55. The van der Waals surface area contributed by atoms with Gasteiger partial charge in [0.1, 0.15) is 0 Å². The quantitative estimate of drug-likeness (QED) is 0.733. The molecule has 6 nitrogen and oxygen atoms in total. The lowest BCUT2D eigenvalue weighted by atomic mass is 10.00. The number of aryl methyl sites for hydroxylation is 1. The Hall–Kier alpha value is -1.46. The summed E-state index contributed by atoms with van der Waals surface area (Å²) >= 11 is 0. The lowest BCUT2D eigenvalue weighted by Gasteiger charge is -2.07. The maximum absolute atomic E-state index is 10.8. The highest BCUT2D eigenvalue weighted by Crippen LogP contribution is 2.11. The maximum atomic E-state index is 10.8. The van der Waals surface area contributed by atoms with Gasteiger partial charge in [-0.15, -0.1) is 10.2 Å². The van der Waals surface area contributed by atoms with E-state index in [2.05, 4.69) is 15.4 Å². The summed E-state index contributed by atoms with van der Waals surface area (Å²) in [6.45, 7) is 1.96. The minimum atomic E-state index is -0.792. The van der Waals surface area contributed by atoms with Gasteiger partial charge in [-0.05, 0) is 11.6 Å². The summed E-state index contributed by atoms with van der Waals surface area (Å²) < 4.78 is 0. The minimum absolute atomic E-state index is 0.358. The predicted octanol–water partition coefficient (Wildman–Crippen LogP) is 0.254. The fraction of sp³-hybridized carbons (Fsp3) is 0.750. The lowest BCUT2D eigenvalue weighted by Crippen LogP contribution is -2.17. The molecule has 0 saturated carbocycles. The van der Waals surface area contributed by atoms with Crippen molar-refractivity contribution >= 4 is 5.97 Å². The molecular weight excluding hydrogens is 184 g/mol. The summed E-state index contributed by atoms with van der Waals surface area (Å²) in [5, 5.41) is 20.2. The molecule has 1 N–H and O–H groups in total. The first kappa shape index (κ1) is 10.6. The van der Waals surface area contributed by atoms with Gasteiger partial charge in [-0.2, -0.15) is 4.80 Å². The predicted molar refractivity (Wildman–Crippen MR) is 48.5 cm³/mol. The fourth-order valence-corrected chi connectivity index (χ4v) is 1.29. The summed E-state index contributed by atoms with van der Waals surface area (Å²) in [4.78, 5) is 12.2. The van der Waals surface area contributed by atoms with E-state index in [1.807, 2.05) is 6.92 Å². The van der Waals surface area contributed by atoms with Gasteiger partial charge < -0.3 is 5.11 Å². The Balaban J connectivity index is 2.59. The van der Waals surface area contributed by atoms with E-state index >= 15 is 0 Å². The third-order valence-corrected chi connectivity index (χ3v) is 1.97. The van der Waals surface area contributed by atoms with Gasteiger partial charge in [0.2, 0.25) is 0 Å². The van der Waals surface area contributed by atoms with Crippen LogP contribution in [0.25, 0.3) is 0 Å². The van der Waals surface area contributed by atoms with E-state index < -0.39 is 11.9 Å². The van der Waals surface area contributed by atoms with Gasteiger partial charge in [0, 0.05) is 6.42 Å². The number of carbonyl (C=O) groups is 1. The molecule has 0 spiro atoms. The van der Waals surface area contributed by atoms with Crippen LogP contribution in [0.5, 0.6) is 0 Å². The molecule has 6 heteroatoms. The number of nitrogens with zero attached hydrogens (tertiary/aromatic N) is 4. The van der Waals surface area contributed by atoms with Crippen LogP contribution < -0.4 is 0 Å². The van der Waals surface area contributed by atoms with Crippen LogP contribution in [0, 0.1) is 5.92 Å². The van der Waals surface area contributed by atoms with Gasteiger partial charge in [0.25, 0.3) is 0 Å². The molecule has 0 aliphatic rings. The normalized spacial score (nSPS) is 12.7. The fourth-order valence-electron chi connectivity index (χ4n) is 1.29. The van der Waals surface area contributed by atoms with Crippen LogP contribution in [0.1, 0.15) is 25.6 Å². The SMILES string of the molecule is CCCC(Cc1nnn(C)n1)C(=O)O. The molecule has 1 atom stereocenters. The van der Waals surface area contributed by atoms with Gasteiger partial charge in [-0.3, -0.25) is 4.79 Å². The largest absolute Gasteiger partial charge is 0.481 e. The smallest absolute Gasteiger partial charge is 0.306 e. The number of aromatic nitrogens is 4. The van der Waals surface area contributed by atoms with Crippen LogP contribution in [0.15, 0.2) is 0 Å². The second kappa shape index (κ2) is 4.69. The molecule has 0 fully saturated rings. The summed E-state index contributed by atoms with van der Waals surface area (Å²) in [5.41, 5.74) is 0. The molecule has 1 aromatic rings. The van der Waals surface area contributed by atoms with Gasteiger partial charge >= 0.3 is 5.97 Å². The number of carboxylic acid groups (broad SMARTS) is 1. The van der Waals surface area contributed by atoms with Crippen LogP contribution in [0.4, 0.5) is 0 Å². The molecule has 14 heavy (non-hydrogen) atoms. The number of rotatable bonds is 5. The molecule has 1 aromatic heterocycles. The number of hydrogen-bond donors (Lipinski definition) is 1.